The lowest BCUT2D eigenvalue weighted by molar-refractivity contribution is 1.27. The molecule has 2 aromatic heterocycles. The van der Waals surface area contributed by atoms with E-state index in [9.17, 15) is 4.79 Å². The molecule has 3 nitrogen and oxygen atoms in total. The van der Waals surface area contributed by atoms with Crippen LogP contribution in [-0.4, -0.2) is 9.97 Å². The Kier molecular flexibility index (Phi) is 2.27. The van der Waals surface area contributed by atoms with Gasteiger partial charge in [-0.15, -0.1) is 0 Å². The van der Waals surface area contributed by atoms with Crippen LogP contribution < -0.4 is 5.56 Å². The van der Waals surface area contributed by atoms with Crippen molar-refractivity contribution in [1.82, 2.24) is 9.97 Å². The van der Waals surface area contributed by atoms with Gasteiger partial charge in [0.2, 0.25) is 0 Å². The maximum atomic E-state index is 12.2. The molecule has 0 bridgehead atoms. The Morgan fingerprint density at radius 2 is 1.50 bits per heavy atom. The average Bonchev–Trinajstić information content (AvgIpc) is 2.84. The van der Waals surface area contributed by atoms with E-state index >= 15 is 0 Å². The van der Waals surface area contributed by atoms with E-state index in [1.54, 1.807) is 0 Å². The lowest BCUT2D eigenvalue weighted by Crippen LogP contribution is -2.08. The summed E-state index contributed by atoms with van der Waals surface area (Å²) >= 11 is 0. The van der Waals surface area contributed by atoms with E-state index in [1.165, 1.54) is 0 Å². The molecule has 96 valence electrons. The third kappa shape index (κ3) is 1.57. The fourth-order valence-corrected chi connectivity index (χ4v) is 2.64. The summed E-state index contributed by atoms with van der Waals surface area (Å²) in [6.07, 6.45) is 0. The van der Waals surface area contributed by atoms with Gasteiger partial charge in [-0.25, -0.2) is 0 Å². The minimum Gasteiger partial charge on any atom is -0.341 e. The van der Waals surface area contributed by atoms with Gasteiger partial charge in [0.05, 0.1) is 0 Å². The zero-order valence-electron chi connectivity index (χ0n) is 10.7. The van der Waals surface area contributed by atoms with Crippen LogP contribution in [0.4, 0.5) is 0 Å². The van der Waals surface area contributed by atoms with Gasteiger partial charge in [0, 0.05) is 21.9 Å². The molecule has 20 heavy (non-hydrogen) atoms. The van der Waals surface area contributed by atoms with Crippen molar-refractivity contribution in [2.45, 2.75) is 0 Å². The first-order valence-corrected chi connectivity index (χ1v) is 6.52. The zero-order valence-corrected chi connectivity index (χ0v) is 10.7. The van der Waals surface area contributed by atoms with Gasteiger partial charge in [-0.2, -0.15) is 0 Å². The standard InChI is InChI=1S/C17H12N2O/c20-17-13(11-6-2-1-3-7-11)10-14-12-8-4-5-9-15(12)18-16(14)19-17/h1-10H,(H2,18,19,20). The van der Waals surface area contributed by atoms with Crippen molar-refractivity contribution in [3.63, 3.8) is 0 Å². The van der Waals surface area contributed by atoms with Crippen molar-refractivity contribution >= 4 is 21.9 Å². The Bertz CT molecular complexity index is 965. The Hall–Kier alpha value is -2.81. The predicted octanol–water partition coefficient (Wildman–Crippen LogP) is 3.68. The number of pyridine rings is 1. The van der Waals surface area contributed by atoms with Crippen molar-refractivity contribution in [1.29, 1.82) is 0 Å². The third-order valence-corrected chi connectivity index (χ3v) is 3.60. The second kappa shape index (κ2) is 4.10. The summed E-state index contributed by atoms with van der Waals surface area (Å²) in [5.74, 6) is 0. The molecular weight excluding hydrogens is 248 g/mol. The van der Waals surface area contributed by atoms with Crippen molar-refractivity contribution < 1.29 is 0 Å². The second-order valence-electron chi connectivity index (χ2n) is 4.84. The van der Waals surface area contributed by atoms with Crippen LogP contribution in [0.3, 0.4) is 0 Å². The molecule has 0 aliphatic carbocycles. The summed E-state index contributed by atoms with van der Waals surface area (Å²) in [5.41, 5.74) is 3.36. The summed E-state index contributed by atoms with van der Waals surface area (Å²) in [6, 6.07) is 19.7. The van der Waals surface area contributed by atoms with Gasteiger partial charge in [0.25, 0.3) is 5.56 Å². The number of H-pyrrole nitrogens is 2. The van der Waals surface area contributed by atoms with Gasteiger partial charge >= 0.3 is 0 Å². The summed E-state index contributed by atoms with van der Waals surface area (Å²) in [5, 5.41) is 2.16. The van der Waals surface area contributed by atoms with Crippen molar-refractivity contribution in [3.8, 4) is 11.1 Å². The van der Waals surface area contributed by atoms with Gasteiger partial charge in [-0.3, -0.25) is 4.79 Å². The molecule has 2 heterocycles. The highest BCUT2D eigenvalue weighted by Gasteiger charge is 2.09. The number of rotatable bonds is 1. The van der Waals surface area contributed by atoms with E-state index in [1.807, 2.05) is 54.6 Å². The van der Waals surface area contributed by atoms with Crippen LogP contribution in [-0.2, 0) is 0 Å². The molecule has 0 atom stereocenters. The summed E-state index contributed by atoms with van der Waals surface area (Å²) in [4.78, 5) is 18.4. The largest absolute Gasteiger partial charge is 0.341 e. The van der Waals surface area contributed by atoms with Crippen LogP contribution in [0.2, 0.25) is 0 Å². The summed E-state index contributed by atoms with van der Waals surface area (Å²) < 4.78 is 0. The van der Waals surface area contributed by atoms with Crippen LogP contribution >= 0.6 is 0 Å². The SMILES string of the molecule is O=c1[nH]c2[nH]c3ccccc3c2cc1-c1ccccc1. The highest BCUT2D eigenvalue weighted by molar-refractivity contribution is 6.06. The van der Waals surface area contributed by atoms with Crippen LogP contribution in [0.1, 0.15) is 0 Å². The normalized spacial score (nSPS) is 11.2. The number of para-hydroxylation sites is 1. The maximum absolute atomic E-state index is 12.2. The number of hydrogen-bond acceptors (Lipinski definition) is 1. The zero-order chi connectivity index (χ0) is 13.5. The first kappa shape index (κ1) is 11.1. The maximum Gasteiger partial charge on any atom is 0.257 e. The van der Waals surface area contributed by atoms with Crippen molar-refractivity contribution in [2.24, 2.45) is 0 Å². The minimum absolute atomic E-state index is 0.0738. The highest BCUT2D eigenvalue weighted by Crippen LogP contribution is 2.26. The van der Waals surface area contributed by atoms with E-state index in [4.69, 9.17) is 0 Å². The van der Waals surface area contributed by atoms with Crippen LogP contribution in [0.5, 0.6) is 0 Å². The number of fused-ring (bicyclic) bond motifs is 3. The smallest absolute Gasteiger partial charge is 0.257 e. The molecular formula is C17H12N2O. The second-order valence-corrected chi connectivity index (χ2v) is 4.84. The summed E-state index contributed by atoms with van der Waals surface area (Å²) in [6.45, 7) is 0. The van der Waals surface area contributed by atoms with Gasteiger partial charge in [0.1, 0.15) is 5.65 Å². The first-order valence-electron chi connectivity index (χ1n) is 6.52. The predicted molar refractivity (Wildman–Crippen MR) is 81.9 cm³/mol. The van der Waals surface area contributed by atoms with Crippen LogP contribution in [0.15, 0.2) is 65.5 Å². The fraction of sp³-hybridized carbons (Fsp3) is 0. The molecule has 0 fully saturated rings. The molecule has 0 aliphatic rings. The van der Waals surface area contributed by atoms with Gasteiger partial charge in [-0.05, 0) is 17.7 Å². The number of benzene rings is 2. The van der Waals surface area contributed by atoms with E-state index in [-0.39, 0.29) is 5.56 Å². The minimum atomic E-state index is -0.0738. The fourth-order valence-electron chi connectivity index (χ4n) is 2.64. The molecule has 3 heteroatoms. The molecule has 0 saturated carbocycles. The Labute approximate surface area is 114 Å². The number of nitrogens with one attached hydrogen (secondary N) is 2. The summed E-state index contributed by atoms with van der Waals surface area (Å²) in [7, 11) is 0. The van der Waals surface area contributed by atoms with Crippen LogP contribution in [0.25, 0.3) is 33.1 Å². The monoisotopic (exact) mass is 260 g/mol. The molecule has 0 amide bonds. The number of aromatic nitrogens is 2. The van der Waals surface area contributed by atoms with Crippen molar-refractivity contribution in [2.75, 3.05) is 0 Å². The molecule has 4 rings (SSSR count). The van der Waals surface area contributed by atoms with E-state index in [0.29, 0.717) is 5.56 Å². The van der Waals surface area contributed by atoms with Crippen molar-refractivity contribution in [3.05, 3.63) is 71.0 Å². The third-order valence-electron chi connectivity index (χ3n) is 3.60. The Morgan fingerprint density at radius 1 is 0.750 bits per heavy atom. The van der Waals surface area contributed by atoms with Crippen LogP contribution in [0, 0.1) is 0 Å². The van der Waals surface area contributed by atoms with E-state index in [0.717, 1.165) is 27.5 Å². The topological polar surface area (TPSA) is 48.6 Å². The quantitative estimate of drug-likeness (QED) is 0.539. The molecule has 0 saturated heterocycles. The molecule has 2 N–H and O–H groups in total. The number of hydrogen-bond donors (Lipinski definition) is 2. The number of aromatic amines is 2. The molecule has 0 radical (unpaired) electrons. The van der Waals surface area contributed by atoms with Gasteiger partial charge < -0.3 is 9.97 Å². The Balaban J connectivity index is 2.11. The molecule has 0 spiro atoms. The van der Waals surface area contributed by atoms with Gasteiger partial charge in [0.15, 0.2) is 0 Å². The molecule has 0 unspecified atom stereocenters. The highest BCUT2D eigenvalue weighted by atomic mass is 16.1. The average molecular weight is 260 g/mol. The lowest BCUT2D eigenvalue weighted by atomic mass is 10.1. The molecule has 2 aromatic carbocycles. The first-order chi connectivity index (χ1) is 9.83. The lowest BCUT2D eigenvalue weighted by Gasteiger charge is -2.00. The Morgan fingerprint density at radius 3 is 2.35 bits per heavy atom. The van der Waals surface area contributed by atoms with Gasteiger partial charge in [-0.1, -0.05) is 48.5 Å². The molecule has 4 aromatic rings. The molecule has 0 aliphatic heterocycles. The van der Waals surface area contributed by atoms with E-state index < -0.39 is 0 Å². The van der Waals surface area contributed by atoms with E-state index in [2.05, 4.69) is 16.0 Å².